The van der Waals surface area contributed by atoms with Crippen LogP contribution < -0.4 is 24.8 Å². The van der Waals surface area contributed by atoms with E-state index in [9.17, 15) is 0 Å². The van der Waals surface area contributed by atoms with Crippen LogP contribution in [0.1, 0.15) is 23.7 Å². The number of hydrogen-bond acceptors (Lipinski definition) is 5. The van der Waals surface area contributed by atoms with Gasteiger partial charge in [0.15, 0.2) is 17.5 Å². The average molecular weight is 500 g/mol. The molecule has 0 bridgehead atoms. The van der Waals surface area contributed by atoms with Crippen LogP contribution >= 0.6 is 24.0 Å². The van der Waals surface area contributed by atoms with Crippen molar-refractivity contribution in [2.75, 3.05) is 33.2 Å². The van der Waals surface area contributed by atoms with Gasteiger partial charge in [-0.3, -0.25) is 4.98 Å². The maximum atomic E-state index is 5.47. The molecule has 0 saturated heterocycles. The van der Waals surface area contributed by atoms with E-state index in [1.807, 2.05) is 45.2 Å². The molecular weight excluding hydrogens is 471 g/mol. The van der Waals surface area contributed by atoms with Crippen molar-refractivity contribution in [2.24, 2.45) is 4.99 Å². The highest BCUT2D eigenvalue weighted by molar-refractivity contribution is 14.0. The molecule has 1 aromatic heterocycles. The smallest absolute Gasteiger partial charge is 0.196 e. The largest absolute Gasteiger partial charge is 0.496 e. The molecule has 2 rings (SSSR count). The van der Waals surface area contributed by atoms with Crippen molar-refractivity contribution < 1.29 is 14.2 Å². The molecule has 0 unspecified atom stereocenters. The van der Waals surface area contributed by atoms with Gasteiger partial charge in [0, 0.05) is 35.6 Å². The summed E-state index contributed by atoms with van der Waals surface area (Å²) in [6.45, 7) is 7.17. The first-order valence-corrected chi connectivity index (χ1v) is 8.80. The second-order valence-electron chi connectivity index (χ2n) is 5.94. The quantitative estimate of drug-likeness (QED) is 0.341. The van der Waals surface area contributed by atoms with Crippen molar-refractivity contribution >= 4 is 35.6 Å². The Morgan fingerprint density at radius 1 is 1.07 bits per heavy atom. The van der Waals surface area contributed by atoms with Gasteiger partial charge >= 0.3 is 0 Å². The van der Waals surface area contributed by atoms with Crippen LogP contribution in [0.5, 0.6) is 17.2 Å². The van der Waals surface area contributed by atoms with Crippen molar-refractivity contribution in [2.45, 2.75) is 27.3 Å². The molecule has 0 atom stereocenters. The molecule has 0 aliphatic heterocycles. The van der Waals surface area contributed by atoms with Gasteiger partial charge in [-0.25, -0.2) is 4.99 Å². The number of hydrogen-bond donors (Lipinski definition) is 2. The zero-order valence-corrected chi connectivity index (χ0v) is 19.6. The molecule has 0 aliphatic rings. The summed E-state index contributed by atoms with van der Waals surface area (Å²) in [4.78, 5) is 9.14. The van der Waals surface area contributed by atoms with Crippen LogP contribution in [0.2, 0.25) is 0 Å². The SMILES string of the molecule is CCNC(=NCc1ncc(C)c(OC)c1C)Nc1ccc(OC)c(OC)c1.I. The molecular formula is C20H29IN4O3. The Hall–Kier alpha value is -2.23. The maximum Gasteiger partial charge on any atom is 0.196 e. The zero-order chi connectivity index (χ0) is 19.8. The molecule has 28 heavy (non-hydrogen) atoms. The van der Waals surface area contributed by atoms with E-state index in [0.717, 1.165) is 34.8 Å². The molecule has 0 aliphatic carbocycles. The lowest BCUT2D eigenvalue weighted by Gasteiger charge is -2.14. The number of guanidine groups is 1. The summed E-state index contributed by atoms with van der Waals surface area (Å²) in [5.74, 6) is 2.84. The lowest BCUT2D eigenvalue weighted by Crippen LogP contribution is -2.30. The van der Waals surface area contributed by atoms with Gasteiger partial charge in [0.2, 0.25) is 0 Å². The summed E-state index contributed by atoms with van der Waals surface area (Å²) in [6.07, 6.45) is 1.81. The number of aryl methyl sites for hydroxylation is 1. The highest BCUT2D eigenvalue weighted by atomic mass is 127. The number of methoxy groups -OCH3 is 3. The van der Waals surface area contributed by atoms with Crippen molar-refractivity contribution in [1.82, 2.24) is 10.3 Å². The van der Waals surface area contributed by atoms with Gasteiger partial charge in [0.25, 0.3) is 0 Å². The molecule has 0 amide bonds. The first-order chi connectivity index (χ1) is 13.0. The fourth-order valence-electron chi connectivity index (χ4n) is 2.74. The molecule has 2 N–H and O–H groups in total. The standard InChI is InChI=1S/C20H28N4O3.HI/c1-7-21-20(24-15-8-9-17(25-4)18(10-15)26-5)23-12-16-14(3)19(27-6)13(2)11-22-16;/h8-11H,7,12H2,1-6H3,(H2,21,23,24);1H. The number of halogens is 1. The van der Waals surface area contributed by atoms with E-state index in [1.165, 1.54) is 0 Å². The van der Waals surface area contributed by atoms with Crippen molar-refractivity contribution in [3.8, 4) is 17.2 Å². The lowest BCUT2D eigenvalue weighted by molar-refractivity contribution is 0.355. The zero-order valence-electron chi connectivity index (χ0n) is 17.3. The van der Waals surface area contributed by atoms with E-state index in [1.54, 1.807) is 21.3 Å². The molecule has 1 aromatic carbocycles. The van der Waals surface area contributed by atoms with Crippen LogP contribution in [0.3, 0.4) is 0 Å². The number of aromatic nitrogens is 1. The summed E-state index contributed by atoms with van der Waals surface area (Å²) in [7, 11) is 4.90. The predicted molar refractivity (Wildman–Crippen MR) is 124 cm³/mol. The van der Waals surface area contributed by atoms with Crippen LogP contribution in [0, 0.1) is 13.8 Å². The number of anilines is 1. The van der Waals surface area contributed by atoms with Crippen LogP contribution in [-0.2, 0) is 6.54 Å². The fraction of sp³-hybridized carbons (Fsp3) is 0.400. The maximum absolute atomic E-state index is 5.47. The van der Waals surface area contributed by atoms with E-state index in [2.05, 4.69) is 20.6 Å². The molecule has 2 aromatic rings. The van der Waals surface area contributed by atoms with Crippen molar-refractivity contribution in [1.29, 1.82) is 0 Å². The molecule has 1 heterocycles. The monoisotopic (exact) mass is 500 g/mol. The number of rotatable bonds is 7. The van der Waals surface area contributed by atoms with Crippen LogP contribution in [0.15, 0.2) is 29.4 Å². The number of nitrogens with zero attached hydrogens (tertiary/aromatic N) is 2. The van der Waals surface area contributed by atoms with E-state index >= 15 is 0 Å². The Bertz CT molecular complexity index is 812. The Balaban J connectivity index is 0.00000392. The first-order valence-electron chi connectivity index (χ1n) is 8.80. The average Bonchev–Trinajstić information content (AvgIpc) is 2.67. The highest BCUT2D eigenvalue weighted by Crippen LogP contribution is 2.29. The number of benzene rings is 1. The fourth-order valence-corrected chi connectivity index (χ4v) is 2.74. The third kappa shape index (κ3) is 5.88. The summed E-state index contributed by atoms with van der Waals surface area (Å²) >= 11 is 0. The normalized spacial score (nSPS) is 10.7. The minimum absolute atomic E-state index is 0. The molecule has 0 radical (unpaired) electrons. The Kier molecular flexibility index (Phi) is 9.84. The van der Waals surface area contributed by atoms with Gasteiger partial charge in [-0.15, -0.1) is 24.0 Å². The van der Waals surface area contributed by atoms with Gasteiger partial charge in [-0.1, -0.05) is 0 Å². The number of nitrogens with one attached hydrogen (secondary N) is 2. The van der Waals surface area contributed by atoms with Gasteiger partial charge in [0.05, 0.1) is 33.6 Å². The lowest BCUT2D eigenvalue weighted by atomic mass is 10.1. The summed E-state index contributed by atoms with van der Waals surface area (Å²) in [6, 6.07) is 5.62. The first kappa shape index (κ1) is 23.8. The third-order valence-electron chi connectivity index (χ3n) is 4.13. The molecule has 8 heteroatoms. The predicted octanol–water partition coefficient (Wildman–Crippen LogP) is 3.92. The van der Waals surface area contributed by atoms with E-state index in [0.29, 0.717) is 24.0 Å². The van der Waals surface area contributed by atoms with Crippen molar-refractivity contribution in [3.63, 3.8) is 0 Å². The molecule has 0 fully saturated rings. The van der Waals surface area contributed by atoms with Crippen LogP contribution in [0.4, 0.5) is 5.69 Å². The summed E-state index contributed by atoms with van der Waals surface area (Å²) < 4.78 is 16.1. The number of ether oxygens (including phenoxy) is 3. The van der Waals surface area contributed by atoms with Gasteiger partial charge < -0.3 is 24.8 Å². The van der Waals surface area contributed by atoms with Crippen LogP contribution in [-0.4, -0.2) is 38.8 Å². The van der Waals surface area contributed by atoms with E-state index < -0.39 is 0 Å². The topological polar surface area (TPSA) is 77.0 Å². The van der Waals surface area contributed by atoms with E-state index in [-0.39, 0.29) is 24.0 Å². The third-order valence-corrected chi connectivity index (χ3v) is 4.13. The minimum Gasteiger partial charge on any atom is -0.496 e. The number of pyridine rings is 1. The van der Waals surface area contributed by atoms with Gasteiger partial charge in [-0.2, -0.15) is 0 Å². The van der Waals surface area contributed by atoms with Gasteiger partial charge in [-0.05, 0) is 32.9 Å². The minimum atomic E-state index is 0. The Labute approximate surface area is 183 Å². The van der Waals surface area contributed by atoms with Gasteiger partial charge in [0.1, 0.15) is 5.75 Å². The Morgan fingerprint density at radius 2 is 1.79 bits per heavy atom. The molecule has 154 valence electrons. The van der Waals surface area contributed by atoms with Crippen molar-refractivity contribution in [3.05, 3.63) is 41.2 Å². The molecule has 0 spiro atoms. The summed E-state index contributed by atoms with van der Waals surface area (Å²) in [5.41, 5.74) is 3.74. The van der Waals surface area contributed by atoms with E-state index in [4.69, 9.17) is 14.2 Å². The Morgan fingerprint density at radius 3 is 2.39 bits per heavy atom. The summed E-state index contributed by atoms with van der Waals surface area (Å²) in [5, 5.41) is 6.51. The molecule has 7 nitrogen and oxygen atoms in total. The second kappa shape index (κ2) is 11.6. The highest BCUT2D eigenvalue weighted by Gasteiger charge is 2.10. The van der Waals surface area contributed by atoms with Crippen LogP contribution in [0.25, 0.3) is 0 Å². The number of aliphatic imine (C=N–C) groups is 1. The molecule has 0 saturated carbocycles. The second-order valence-corrected chi connectivity index (χ2v) is 5.94.